The molecule has 1 amide bonds. The van der Waals surface area contributed by atoms with Crippen molar-refractivity contribution in [3.05, 3.63) is 17.5 Å². The van der Waals surface area contributed by atoms with Crippen LogP contribution in [0.1, 0.15) is 45.5 Å². The van der Waals surface area contributed by atoms with Crippen LogP contribution < -0.4 is 10.6 Å². The van der Waals surface area contributed by atoms with E-state index in [9.17, 15) is 4.79 Å². The Morgan fingerprint density at radius 3 is 2.74 bits per heavy atom. The smallest absolute Gasteiger partial charge is 0.221 e. The van der Waals surface area contributed by atoms with Gasteiger partial charge in [-0.15, -0.1) is 0 Å². The number of hydrogen-bond acceptors (Lipinski definition) is 3. The van der Waals surface area contributed by atoms with Crippen molar-refractivity contribution in [3.8, 4) is 0 Å². The van der Waals surface area contributed by atoms with Crippen molar-refractivity contribution in [1.29, 1.82) is 0 Å². The van der Waals surface area contributed by atoms with Crippen LogP contribution in [0.4, 0.5) is 0 Å². The third kappa shape index (κ3) is 5.42. The third-order valence-electron chi connectivity index (χ3n) is 2.86. The summed E-state index contributed by atoms with van der Waals surface area (Å²) in [7, 11) is 0. The highest BCUT2D eigenvalue weighted by atomic mass is 16.1. The summed E-state index contributed by atoms with van der Waals surface area (Å²) in [5.41, 5.74) is 2.31. The van der Waals surface area contributed by atoms with Gasteiger partial charge in [0.15, 0.2) is 0 Å². The molecule has 0 aliphatic heterocycles. The summed E-state index contributed by atoms with van der Waals surface area (Å²) < 4.78 is 2.01. The molecule has 0 unspecified atom stereocenters. The lowest BCUT2D eigenvalue weighted by Crippen LogP contribution is -2.32. The molecule has 0 saturated carbocycles. The number of aromatic nitrogens is 2. The third-order valence-corrected chi connectivity index (χ3v) is 2.86. The first-order chi connectivity index (χ1) is 9.06. The highest BCUT2D eigenvalue weighted by Gasteiger charge is 2.06. The van der Waals surface area contributed by atoms with Crippen molar-refractivity contribution in [2.45, 2.75) is 59.7 Å². The molecule has 0 aromatic carbocycles. The average Bonchev–Trinajstić information content (AvgIpc) is 2.76. The molecule has 1 aromatic heterocycles. The van der Waals surface area contributed by atoms with Gasteiger partial charge in [0.1, 0.15) is 0 Å². The van der Waals surface area contributed by atoms with Gasteiger partial charge >= 0.3 is 0 Å². The van der Waals surface area contributed by atoms with Gasteiger partial charge in [0.05, 0.1) is 11.4 Å². The zero-order valence-electron chi connectivity index (χ0n) is 12.5. The van der Waals surface area contributed by atoms with Crippen LogP contribution >= 0.6 is 0 Å². The first kappa shape index (κ1) is 15.7. The quantitative estimate of drug-likeness (QED) is 0.701. The molecular weight excluding hydrogens is 240 g/mol. The summed E-state index contributed by atoms with van der Waals surface area (Å²) in [6.07, 6.45) is 1.47. The molecule has 0 bridgehead atoms. The summed E-state index contributed by atoms with van der Waals surface area (Å²) in [4.78, 5) is 11.5. The number of nitrogens with one attached hydrogen (secondary N) is 2. The molecule has 1 aromatic rings. The van der Waals surface area contributed by atoms with Crippen LogP contribution in [0.3, 0.4) is 0 Å². The van der Waals surface area contributed by atoms with Crippen LogP contribution in [0.2, 0.25) is 0 Å². The van der Waals surface area contributed by atoms with E-state index in [0.717, 1.165) is 25.2 Å². The van der Waals surface area contributed by atoms with Gasteiger partial charge in [-0.25, -0.2) is 0 Å². The minimum atomic E-state index is 0.0979. The number of carbonyl (C=O) groups excluding carboxylic acids is 1. The molecule has 1 heterocycles. The van der Waals surface area contributed by atoms with Gasteiger partial charge in [-0.05, 0) is 33.3 Å². The highest BCUT2D eigenvalue weighted by Crippen LogP contribution is 2.05. The van der Waals surface area contributed by atoms with Gasteiger partial charge < -0.3 is 10.6 Å². The Morgan fingerprint density at radius 2 is 2.16 bits per heavy atom. The summed E-state index contributed by atoms with van der Waals surface area (Å²) in [6.45, 7) is 10.5. The van der Waals surface area contributed by atoms with E-state index in [4.69, 9.17) is 0 Å². The van der Waals surface area contributed by atoms with E-state index in [1.165, 1.54) is 5.69 Å². The molecule has 1 rings (SSSR count). The second-order valence-electron chi connectivity index (χ2n) is 4.95. The number of nitrogens with zero attached hydrogens (tertiary/aromatic N) is 2. The average molecular weight is 266 g/mol. The lowest BCUT2D eigenvalue weighted by Gasteiger charge is -2.09. The normalized spacial score (nSPS) is 11.0. The van der Waals surface area contributed by atoms with Crippen LogP contribution in [0, 0.1) is 0 Å². The lowest BCUT2D eigenvalue weighted by atomic mass is 10.3. The number of rotatable bonds is 8. The maximum absolute atomic E-state index is 11.5. The van der Waals surface area contributed by atoms with Gasteiger partial charge in [0, 0.05) is 32.1 Å². The number of amides is 1. The van der Waals surface area contributed by atoms with E-state index < -0.39 is 0 Å². The Hall–Kier alpha value is -1.36. The fourth-order valence-electron chi connectivity index (χ4n) is 1.92. The lowest BCUT2D eigenvalue weighted by molar-refractivity contribution is -0.121. The Bertz CT molecular complexity index is 398. The second kappa shape index (κ2) is 7.94. The SMILES string of the molecule is CCc1cc(CNCCC(=O)NC(C)C)n(CC)n1. The standard InChI is InChI=1S/C14H26N4O/c1-5-12-9-13(18(6-2)17-12)10-15-8-7-14(19)16-11(3)4/h9,11,15H,5-8,10H2,1-4H3,(H,16,19). The number of hydrogen-bond donors (Lipinski definition) is 2. The van der Waals surface area contributed by atoms with Crippen LogP contribution in [-0.4, -0.2) is 28.3 Å². The van der Waals surface area contributed by atoms with Crippen molar-refractivity contribution in [3.63, 3.8) is 0 Å². The molecule has 0 aliphatic rings. The highest BCUT2D eigenvalue weighted by molar-refractivity contribution is 5.76. The molecule has 108 valence electrons. The zero-order chi connectivity index (χ0) is 14.3. The zero-order valence-corrected chi connectivity index (χ0v) is 12.5. The topological polar surface area (TPSA) is 59.0 Å². The van der Waals surface area contributed by atoms with E-state index in [1.54, 1.807) is 0 Å². The molecule has 5 heteroatoms. The van der Waals surface area contributed by atoms with Crippen LogP contribution in [0.5, 0.6) is 0 Å². The van der Waals surface area contributed by atoms with E-state index in [-0.39, 0.29) is 11.9 Å². The number of aryl methyl sites for hydroxylation is 2. The van der Waals surface area contributed by atoms with E-state index in [0.29, 0.717) is 13.0 Å². The molecule has 0 radical (unpaired) electrons. The van der Waals surface area contributed by atoms with Gasteiger partial charge in [-0.2, -0.15) is 5.10 Å². The maximum atomic E-state index is 11.5. The van der Waals surface area contributed by atoms with Crippen molar-refractivity contribution in [2.24, 2.45) is 0 Å². The monoisotopic (exact) mass is 266 g/mol. The molecule has 0 spiro atoms. The van der Waals surface area contributed by atoms with Crippen LogP contribution in [-0.2, 0) is 24.3 Å². The Morgan fingerprint density at radius 1 is 1.42 bits per heavy atom. The van der Waals surface area contributed by atoms with Crippen molar-refractivity contribution >= 4 is 5.91 Å². The van der Waals surface area contributed by atoms with Gasteiger partial charge in [-0.3, -0.25) is 9.48 Å². The molecular formula is C14H26N4O. The van der Waals surface area contributed by atoms with Crippen molar-refractivity contribution in [1.82, 2.24) is 20.4 Å². The first-order valence-electron chi connectivity index (χ1n) is 7.12. The summed E-state index contributed by atoms with van der Waals surface area (Å²) in [5, 5.41) is 10.7. The maximum Gasteiger partial charge on any atom is 0.221 e. The van der Waals surface area contributed by atoms with E-state index in [1.807, 2.05) is 18.5 Å². The summed E-state index contributed by atoms with van der Waals surface area (Å²) >= 11 is 0. The number of carbonyl (C=O) groups is 1. The predicted molar refractivity (Wildman–Crippen MR) is 76.9 cm³/mol. The van der Waals surface area contributed by atoms with Crippen molar-refractivity contribution < 1.29 is 4.79 Å². The molecule has 2 N–H and O–H groups in total. The van der Waals surface area contributed by atoms with Gasteiger partial charge in [0.2, 0.25) is 5.91 Å². The van der Waals surface area contributed by atoms with E-state index >= 15 is 0 Å². The fraction of sp³-hybridized carbons (Fsp3) is 0.714. The molecule has 0 saturated heterocycles. The van der Waals surface area contributed by atoms with Gasteiger partial charge in [-0.1, -0.05) is 6.92 Å². The Kier molecular flexibility index (Phi) is 6.56. The first-order valence-corrected chi connectivity index (χ1v) is 7.12. The predicted octanol–water partition coefficient (Wildman–Crippen LogP) is 1.47. The van der Waals surface area contributed by atoms with Crippen LogP contribution in [0.25, 0.3) is 0 Å². The minimum Gasteiger partial charge on any atom is -0.354 e. The fourth-order valence-corrected chi connectivity index (χ4v) is 1.92. The molecule has 0 aliphatic carbocycles. The summed E-state index contributed by atoms with van der Waals surface area (Å²) in [5.74, 6) is 0.0979. The second-order valence-corrected chi connectivity index (χ2v) is 4.95. The summed E-state index contributed by atoms with van der Waals surface area (Å²) in [6, 6.07) is 2.34. The minimum absolute atomic E-state index is 0.0979. The Balaban J connectivity index is 2.33. The Labute approximate surface area is 115 Å². The van der Waals surface area contributed by atoms with E-state index in [2.05, 4.69) is 35.6 Å². The molecule has 5 nitrogen and oxygen atoms in total. The molecule has 0 atom stereocenters. The van der Waals surface area contributed by atoms with Crippen LogP contribution in [0.15, 0.2) is 6.07 Å². The molecule has 19 heavy (non-hydrogen) atoms. The molecule has 0 fully saturated rings. The van der Waals surface area contributed by atoms with Gasteiger partial charge in [0.25, 0.3) is 0 Å². The van der Waals surface area contributed by atoms with Crippen molar-refractivity contribution in [2.75, 3.05) is 6.54 Å². The largest absolute Gasteiger partial charge is 0.354 e.